The second-order valence-electron chi connectivity index (χ2n) is 12.2. The van der Waals surface area contributed by atoms with E-state index < -0.39 is 35.3 Å². The number of piperidine rings is 1. The topological polar surface area (TPSA) is 96.3 Å². The third-order valence-electron chi connectivity index (χ3n) is 7.13. The second kappa shape index (κ2) is 11.1. The molecule has 0 aliphatic carbocycles. The van der Waals surface area contributed by atoms with Crippen molar-refractivity contribution in [2.24, 2.45) is 5.92 Å². The van der Waals surface area contributed by atoms with E-state index in [1.807, 2.05) is 58.0 Å². The Bertz CT molecular complexity index is 1370. The van der Waals surface area contributed by atoms with Gasteiger partial charge in [-0.15, -0.1) is 0 Å². The molecule has 0 saturated carbocycles. The number of carbonyl (C=O) groups excluding carboxylic acids is 3. The largest absolute Gasteiger partial charge is 0.513 e. The summed E-state index contributed by atoms with van der Waals surface area (Å²) in [5.74, 6) is -0.998. The molecular weight excluding hydrogens is 512 g/mol. The third-order valence-corrected chi connectivity index (χ3v) is 7.13. The Balaban J connectivity index is 1.79. The van der Waals surface area contributed by atoms with Gasteiger partial charge in [0.2, 0.25) is 0 Å². The van der Waals surface area contributed by atoms with Crippen LogP contribution < -0.4 is 0 Å². The van der Waals surface area contributed by atoms with Gasteiger partial charge in [0.25, 0.3) is 0 Å². The molecule has 1 aromatic carbocycles. The number of carbonyl (C=O) groups is 3. The molecule has 2 atom stereocenters. The molecule has 9 nitrogen and oxygen atoms in total. The predicted octanol–water partition coefficient (Wildman–Crippen LogP) is 6.30. The Morgan fingerprint density at radius 1 is 1.00 bits per heavy atom. The molecule has 0 amide bonds. The first-order chi connectivity index (χ1) is 18.7. The van der Waals surface area contributed by atoms with Gasteiger partial charge < -0.3 is 18.9 Å². The Labute approximate surface area is 235 Å². The SMILES string of the molecule is C/C=C1\CN2CCc3c(n(C(=O)OC(C)(C)C)c4ccccc34)[C@@H]2C[C@@H]1/C(=C/OC(=O)OC(C)(C)C)C(=O)OC. The number of para-hydroxylation sites is 1. The van der Waals surface area contributed by atoms with Crippen LogP contribution in [0.25, 0.3) is 10.9 Å². The molecule has 4 rings (SSSR count). The number of esters is 1. The number of ether oxygens (including phenoxy) is 4. The number of nitrogens with zero attached hydrogens (tertiary/aromatic N) is 2. The summed E-state index contributed by atoms with van der Waals surface area (Å²) in [6, 6.07) is 7.68. The quantitative estimate of drug-likeness (QED) is 0.144. The van der Waals surface area contributed by atoms with Gasteiger partial charge in [0.05, 0.1) is 29.9 Å². The van der Waals surface area contributed by atoms with Gasteiger partial charge in [0, 0.05) is 24.4 Å². The zero-order chi connectivity index (χ0) is 29.4. The fourth-order valence-corrected chi connectivity index (χ4v) is 5.59. The molecule has 0 spiro atoms. The fourth-order valence-electron chi connectivity index (χ4n) is 5.59. The monoisotopic (exact) mass is 552 g/mol. The summed E-state index contributed by atoms with van der Waals surface area (Å²) in [4.78, 5) is 41.3. The summed E-state index contributed by atoms with van der Waals surface area (Å²) in [6.07, 6.45) is 3.06. The Morgan fingerprint density at radius 2 is 1.68 bits per heavy atom. The van der Waals surface area contributed by atoms with E-state index in [9.17, 15) is 14.4 Å². The number of hydrogen-bond donors (Lipinski definition) is 0. The molecule has 2 aromatic rings. The van der Waals surface area contributed by atoms with E-state index in [-0.39, 0.29) is 11.6 Å². The van der Waals surface area contributed by atoms with Crippen molar-refractivity contribution in [1.29, 1.82) is 0 Å². The molecule has 3 heterocycles. The van der Waals surface area contributed by atoms with Crippen LogP contribution in [0, 0.1) is 5.92 Å². The van der Waals surface area contributed by atoms with Crippen LogP contribution in [-0.4, -0.2) is 59.1 Å². The number of aromatic nitrogens is 1. The lowest BCUT2D eigenvalue weighted by Gasteiger charge is -2.44. The first-order valence-electron chi connectivity index (χ1n) is 13.7. The van der Waals surface area contributed by atoms with E-state index in [2.05, 4.69) is 4.90 Å². The minimum absolute atomic E-state index is 0.188. The van der Waals surface area contributed by atoms with E-state index in [0.717, 1.165) is 47.0 Å². The summed E-state index contributed by atoms with van der Waals surface area (Å²) in [5, 5.41) is 1.02. The molecule has 2 aliphatic heterocycles. The molecule has 0 unspecified atom stereocenters. The van der Waals surface area contributed by atoms with Gasteiger partial charge in [-0.3, -0.25) is 4.90 Å². The van der Waals surface area contributed by atoms with Gasteiger partial charge in [-0.25, -0.2) is 19.0 Å². The maximum absolute atomic E-state index is 13.6. The molecule has 216 valence electrons. The maximum Gasteiger partial charge on any atom is 0.513 e. The molecule has 0 N–H and O–H groups in total. The predicted molar refractivity (Wildman–Crippen MR) is 151 cm³/mol. The van der Waals surface area contributed by atoms with Crippen LogP contribution in [0.4, 0.5) is 9.59 Å². The van der Waals surface area contributed by atoms with Gasteiger partial charge in [-0.1, -0.05) is 29.8 Å². The summed E-state index contributed by atoms with van der Waals surface area (Å²) >= 11 is 0. The molecule has 40 heavy (non-hydrogen) atoms. The van der Waals surface area contributed by atoms with Crippen LogP contribution in [0.15, 0.2) is 47.7 Å². The maximum atomic E-state index is 13.6. The average molecular weight is 553 g/mol. The number of fused-ring (bicyclic) bond motifs is 5. The third kappa shape index (κ3) is 6.09. The van der Waals surface area contributed by atoms with Gasteiger partial charge >= 0.3 is 18.2 Å². The molecular formula is C31H40N2O7. The van der Waals surface area contributed by atoms with Gasteiger partial charge in [0.1, 0.15) is 17.5 Å². The first kappa shape index (κ1) is 29.4. The normalized spacial score (nSPS) is 21.0. The summed E-state index contributed by atoms with van der Waals surface area (Å²) in [5.41, 5.74) is 2.59. The van der Waals surface area contributed by atoms with Crippen LogP contribution >= 0.6 is 0 Å². The Morgan fingerprint density at radius 3 is 2.30 bits per heavy atom. The van der Waals surface area contributed by atoms with Crippen molar-refractivity contribution < 1.29 is 33.3 Å². The molecule has 1 saturated heterocycles. The van der Waals surface area contributed by atoms with Crippen LogP contribution in [0.3, 0.4) is 0 Å². The smallest absolute Gasteiger partial charge is 0.466 e. The van der Waals surface area contributed by atoms with Crippen molar-refractivity contribution in [2.45, 2.75) is 78.6 Å². The number of methoxy groups -OCH3 is 1. The van der Waals surface area contributed by atoms with Crippen molar-refractivity contribution in [3.63, 3.8) is 0 Å². The van der Waals surface area contributed by atoms with E-state index in [1.165, 1.54) is 7.11 Å². The minimum Gasteiger partial charge on any atom is -0.466 e. The molecule has 1 aromatic heterocycles. The van der Waals surface area contributed by atoms with Crippen molar-refractivity contribution in [2.75, 3.05) is 20.2 Å². The fraction of sp³-hybridized carbons (Fsp3) is 0.516. The number of hydrogen-bond acceptors (Lipinski definition) is 8. The Kier molecular flexibility index (Phi) is 8.17. The van der Waals surface area contributed by atoms with Crippen molar-refractivity contribution in [3.8, 4) is 0 Å². The van der Waals surface area contributed by atoms with Crippen LogP contribution in [0.1, 0.15) is 72.2 Å². The highest BCUT2D eigenvalue weighted by molar-refractivity contribution is 5.94. The average Bonchev–Trinajstić information content (AvgIpc) is 3.21. The Hall–Kier alpha value is -3.59. The summed E-state index contributed by atoms with van der Waals surface area (Å²) in [7, 11) is 1.30. The van der Waals surface area contributed by atoms with E-state index in [4.69, 9.17) is 18.9 Å². The second-order valence-corrected chi connectivity index (χ2v) is 12.2. The molecule has 9 heteroatoms. The lowest BCUT2D eigenvalue weighted by atomic mass is 9.78. The van der Waals surface area contributed by atoms with E-state index >= 15 is 0 Å². The highest BCUT2D eigenvalue weighted by atomic mass is 16.7. The number of allylic oxidation sites excluding steroid dienone is 1. The zero-order valence-corrected chi connectivity index (χ0v) is 24.7. The molecule has 0 bridgehead atoms. The van der Waals surface area contributed by atoms with Crippen LogP contribution in [0.5, 0.6) is 0 Å². The van der Waals surface area contributed by atoms with Crippen LogP contribution in [0.2, 0.25) is 0 Å². The zero-order valence-electron chi connectivity index (χ0n) is 24.7. The molecule has 1 fully saturated rings. The summed E-state index contributed by atoms with van der Waals surface area (Å²) < 4.78 is 23.2. The van der Waals surface area contributed by atoms with E-state index in [1.54, 1.807) is 25.3 Å². The van der Waals surface area contributed by atoms with E-state index in [0.29, 0.717) is 13.0 Å². The van der Waals surface area contributed by atoms with Gasteiger partial charge in [-0.05, 0) is 72.9 Å². The molecule has 0 radical (unpaired) electrons. The lowest BCUT2D eigenvalue weighted by Crippen LogP contribution is -2.45. The first-order valence-corrected chi connectivity index (χ1v) is 13.7. The van der Waals surface area contributed by atoms with Crippen molar-refractivity contribution >= 4 is 29.1 Å². The standard InChI is InChI=1S/C31H40N2O7/c1-9-19-17-32-15-14-21-20-12-10-11-13-24(20)33(28(35)39-30(2,3)4)26(21)25(32)16-22(19)23(27(34)37-8)18-38-29(36)40-31(5,6)7/h9-13,18,22,25H,14-17H2,1-8H3/b19-9+,23-18-/t22-,25-/m0/s1. The molecule has 2 aliphatic rings. The number of rotatable bonds is 3. The van der Waals surface area contributed by atoms with Crippen molar-refractivity contribution in [3.05, 3.63) is 59.0 Å². The van der Waals surface area contributed by atoms with Crippen molar-refractivity contribution in [1.82, 2.24) is 9.47 Å². The van der Waals surface area contributed by atoms with Gasteiger partial charge in [-0.2, -0.15) is 0 Å². The highest BCUT2D eigenvalue weighted by Gasteiger charge is 2.43. The number of benzene rings is 1. The van der Waals surface area contributed by atoms with Gasteiger partial charge in [0.15, 0.2) is 0 Å². The minimum atomic E-state index is -0.904. The highest BCUT2D eigenvalue weighted by Crippen LogP contribution is 2.46. The summed E-state index contributed by atoms with van der Waals surface area (Å²) in [6.45, 7) is 14.1. The lowest BCUT2D eigenvalue weighted by molar-refractivity contribution is -0.137. The van der Waals surface area contributed by atoms with Crippen LogP contribution in [-0.2, 0) is 30.2 Å².